The predicted octanol–water partition coefficient (Wildman–Crippen LogP) is 3.64. The normalized spacial score (nSPS) is 15.7. The molecule has 0 spiro atoms. The molecule has 20 heavy (non-hydrogen) atoms. The lowest BCUT2D eigenvalue weighted by atomic mass is 10.3. The van der Waals surface area contributed by atoms with Crippen LogP contribution in [-0.2, 0) is 0 Å². The van der Waals surface area contributed by atoms with Gasteiger partial charge in [0.05, 0.1) is 4.70 Å². The maximum Gasteiger partial charge on any atom is 0.321 e. The standard InChI is InChI=1S/C13H13F2N3OS/c14-7-5-9(15)11-10(6-7)20-13(17-11)18-12(19)16-8-3-1-2-4-8/h5-6,8H,1-4H2,(H2,16,17,18,19). The first-order valence-corrected chi connectivity index (χ1v) is 7.26. The lowest BCUT2D eigenvalue weighted by Gasteiger charge is -2.11. The molecule has 0 radical (unpaired) electrons. The van der Waals surface area contributed by atoms with Crippen molar-refractivity contribution in [3.05, 3.63) is 23.8 Å². The maximum absolute atomic E-state index is 13.5. The highest BCUT2D eigenvalue weighted by Crippen LogP contribution is 2.28. The average molecular weight is 297 g/mol. The monoisotopic (exact) mass is 297 g/mol. The topological polar surface area (TPSA) is 54.0 Å². The van der Waals surface area contributed by atoms with Gasteiger partial charge in [-0.15, -0.1) is 0 Å². The highest BCUT2D eigenvalue weighted by Gasteiger charge is 2.18. The van der Waals surface area contributed by atoms with Crippen molar-refractivity contribution in [1.29, 1.82) is 0 Å². The van der Waals surface area contributed by atoms with Gasteiger partial charge in [0.15, 0.2) is 10.9 Å². The molecular formula is C13H13F2N3OS. The summed E-state index contributed by atoms with van der Waals surface area (Å²) in [5.74, 6) is -1.37. The van der Waals surface area contributed by atoms with Gasteiger partial charge in [-0.05, 0) is 18.9 Å². The van der Waals surface area contributed by atoms with Gasteiger partial charge < -0.3 is 5.32 Å². The van der Waals surface area contributed by atoms with Crippen LogP contribution < -0.4 is 10.6 Å². The number of thiazole rings is 1. The zero-order valence-electron chi connectivity index (χ0n) is 10.6. The molecule has 2 N–H and O–H groups in total. The van der Waals surface area contributed by atoms with Crippen molar-refractivity contribution in [2.24, 2.45) is 0 Å². The number of nitrogens with one attached hydrogen (secondary N) is 2. The fraction of sp³-hybridized carbons (Fsp3) is 0.385. The molecule has 1 fully saturated rings. The van der Waals surface area contributed by atoms with Crippen molar-refractivity contribution in [1.82, 2.24) is 10.3 Å². The number of amides is 2. The van der Waals surface area contributed by atoms with Crippen molar-refractivity contribution >= 4 is 32.7 Å². The number of hydrogen-bond acceptors (Lipinski definition) is 3. The van der Waals surface area contributed by atoms with Crippen LogP contribution in [0.25, 0.3) is 10.2 Å². The van der Waals surface area contributed by atoms with Crippen molar-refractivity contribution in [3.8, 4) is 0 Å². The molecule has 0 aliphatic heterocycles. The molecule has 1 saturated carbocycles. The van der Waals surface area contributed by atoms with Crippen LogP contribution in [0.4, 0.5) is 18.7 Å². The van der Waals surface area contributed by atoms with Gasteiger partial charge in [-0.2, -0.15) is 0 Å². The second kappa shape index (κ2) is 5.32. The van der Waals surface area contributed by atoms with E-state index in [1.54, 1.807) is 0 Å². The van der Waals surface area contributed by atoms with Crippen molar-refractivity contribution in [2.75, 3.05) is 5.32 Å². The van der Waals surface area contributed by atoms with Crippen LogP contribution in [0.3, 0.4) is 0 Å². The van der Waals surface area contributed by atoms with Crippen molar-refractivity contribution < 1.29 is 13.6 Å². The number of rotatable bonds is 2. The summed E-state index contributed by atoms with van der Waals surface area (Å²) in [4.78, 5) is 15.7. The second-order valence-corrected chi connectivity index (χ2v) is 5.86. The number of nitrogens with zero attached hydrogens (tertiary/aromatic N) is 1. The molecule has 7 heteroatoms. The Kier molecular flexibility index (Phi) is 3.52. The third kappa shape index (κ3) is 2.72. The molecule has 106 valence electrons. The number of halogens is 2. The molecule has 2 amide bonds. The molecule has 0 unspecified atom stereocenters. The Morgan fingerprint density at radius 1 is 1.30 bits per heavy atom. The number of carbonyl (C=O) groups excluding carboxylic acids is 1. The third-order valence-corrected chi connectivity index (χ3v) is 4.24. The summed E-state index contributed by atoms with van der Waals surface area (Å²) in [6.45, 7) is 0. The summed E-state index contributed by atoms with van der Waals surface area (Å²) in [6, 6.07) is 1.83. The smallest absolute Gasteiger partial charge is 0.321 e. The van der Waals surface area contributed by atoms with Gasteiger partial charge in [-0.1, -0.05) is 24.2 Å². The fourth-order valence-electron chi connectivity index (χ4n) is 2.40. The van der Waals surface area contributed by atoms with E-state index in [2.05, 4.69) is 15.6 Å². The summed E-state index contributed by atoms with van der Waals surface area (Å²) in [5.41, 5.74) is 0.0765. The molecule has 1 heterocycles. The Labute approximate surface area is 118 Å². The number of carbonyl (C=O) groups is 1. The summed E-state index contributed by atoms with van der Waals surface area (Å²) < 4.78 is 27.0. The Bertz CT molecular complexity index is 652. The number of benzene rings is 1. The van der Waals surface area contributed by atoms with E-state index in [-0.39, 0.29) is 22.7 Å². The second-order valence-electron chi connectivity index (χ2n) is 4.83. The average Bonchev–Trinajstić information content (AvgIpc) is 2.98. The van der Waals surface area contributed by atoms with Crippen LogP contribution in [0.2, 0.25) is 0 Å². The van der Waals surface area contributed by atoms with Gasteiger partial charge in [0.2, 0.25) is 0 Å². The third-order valence-electron chi connectivity index (χ3n) is 3.32. The Morgan fingerprint density at radius 2 is 2.05 bits per heavy atom. The molecule has 0 atom stereocenters. The van der Waals surface area contributed by atoms with E-state index in [1.165, 1.54) is 6.07 Å². The molecule has 4 nitrogen and oxygen atoms in total. The van der Waals surface area contributed by atoms with Crippen molar-refractivity contribution in [2.45, 2.75) is 31.7 Å². The van der Waals surface area contributed by atoms with E-state index < -0.39 is 11.6 Å². The summed E-state index contributed by atoms with van der Waals surface area (Å²) in [6.07, 6.45) is 4.20. The molecule has 1 aromatic heterocycles. The van der Waals surface area contributed by atoms with Gasteiger partial charge in [0.25, 0.3) is 0 Å². The van der Waals surface area contributed by atoms with Gasteiger partial charge in [-0.25, -0.2) is 18.6 Å². The van der Waals surface area contributed by atoms with Crippen LogP contribution >= 0.6 is 11.3 Å². The first kappa shape index (κ1) is 13.2. The van der Waals surface area contributed by atoms with Gasteiger partial charge in [-0.3, -0.25) is 5.32 Å². The van der Waals surface area contributed by atoms with Crippen LogP contribution in [0.15, 0.2) is 12.1 Å². The minimum absolute atomic E-state index is 0.0765. The number of aromatic nitrogens is 1. The Balaban J connectivity index is 1.73. The van der Waals surface area contributed by atoms with Crippen molar-refractivity contribution in [3.63, 3.8) is 0 Å². The molecule has 1 aromatic carbocycles. The lowest BCUT2D eigenvalue weighted by molar-refractivity contribution is 0.248. The fourth-order valence-corrected chi connectivity index (χ4v) is 3.30. The predicted molar refractivity (Wildman–Crippen MR) is 73.9 cm³/mol. The van der Waals surface area contributed by atoms with Gasteiger partial charge in [0, 0.05) is 12.1 Å². The zero-order valence-corrected chi connectivity index (χ0v) is 11.4. The zero-order chi connectivity index (χ0) is 14.1. The quantitative estimate of drug-likeness (QED) is 0.889. The van der Waals surface area contributed by atoms with E-state index in [9.17, 15) is 13.6 Å². The summed E-state index contributed by atoms with van der Waals surface area (Å²) in [7, 11) is 0. The minimum Gasteiger partial charge on any atom is -0.335 e. The van der Waals surface area contributed by atoms with Crippen LogP contribution in [-0.4, -0.2) is 17.1 Å². The molecule has 0 bridgehead atoms. The first-order valence-electron chi connectivity index (χ1n) is 6.45. The highest BCUT2D eigenvalue weighted by molar-refractivity contribution is 7.22. The Morgan fingerprint density at radius 3 is 2.80 bits per heavy atom. The molecule has 3 rings (SSSR count). The van der Waals surface area contributed by atoms with Gasteiger partial charge >= 0.3 is 6.03 Å². The van der Waals surface area contributed by atoms with Crippen LogP contribution in [0.5, 0.6) is 0 Å². The highest BCUT2D eigenvalue weighted by atomic mass is 32.1. The van der Waals surface area contributed by atoms with Crippen LogP contribution in [0, 0.1) is 11.6 Å². The lowest BCUT2D eigenvalue weighted by Crippen LogP contribution is -2.36. The number of hydrogen-bond donors (Lipinski definition) is 2. The summed E-state index contributed by atoms with van der Waals surface area (Å²) >= 11 is 1.05. The largest absolute Gasteiger partial charge is 0.335 e. The van der Waals surface area contributed by atoms with E-state index in [1.807, 2.05) is 0 Å². The van der Waals surface area contributed by atoms with Gasteiger partial charge in [0.1, 0.15) is 11.3 Å². The van der Waals surface area contributed by atoms with E-state index in [4.69, 9.17) is 0 Å². The number of urea groups is 1. The number of fused-ring (bicyclic) bond motifs is 1. The number of anilines is 1. The summed E-state index contributed by atoms with van der Waals surface area (Å²) in [5, 5.41) is 5.68. The minimum atomic E-state index is -0.722. The molecular weight excluding hydrogens is 284 g/mol. The SMILES string of the molecule is O=C(Nc1nc2c(F)cc(F)cc2s1)NC1CCCC1. The maximum atomic E-state index is 13.5. The molecule has 0 saturated heterocycles. The molecule has 2 aromatic rings. The Hall–Kier alpha value is -1.76. The first-order chi connectivity index (χ1) is 9.61. The van der Waals surface area contributed by atoms with E-state index >= 15 is 0 Å². The van der Waals surface area contributed by atoms with Crippen LogP contribution in [0.1, 0.15) is 25.7 Å². The van der Waals surface area contributed by atoms with E-state index in [0.717, 1.165) is 43.1 Å². The molecule has 1 aliphatic carbocycles. The molecule has 1 aliphatic rings. The van der Waals surface area contributed by atoms with E-state index in [0.29, 0.717) is 4.70 Å².